The number of benzene rings is 1. The van der Waals surface area contributed by atoms with Crippen LogP contribution >= 0.6 is 0 Å². The molecule has 3 N–H and O–H groups in total. The Morgan fingerprint density at radius 1 is 1.33 bits per heavy atom. The summed E-state index contributed by atoms with van der Waals surface area (Å²) in [6.07, 6.45) is 0.404. The van der Waals surface area contributed by atoms with Crippen LogP contribution in [0.1, 0.15) is 25.0 Å². The molecule has 98 valence electrons. The van der Waals surface area contributed by atoms with E-state index in [1.54, 1.807) is 0 Å². The number of morpholine rings is 1. The van der Waals surface area contributed by atoms with Crippen LogP contribution in [0.4, 0.5) is 5.69 Å². The maximum Gasteiger partial charge on any atom is 0.124 e. The van der Waals surface area contributed by atoms with Gasteiger partial charge in [0.05, 0.1) is 17.9 Å². The molecule has 0 unspecified atom stereocenters. The molecule has 0 spiro atoms. The molecular formula is C14H21N3O. The Morgan fingerprint density at radius 3 is 2.50 bits per heavy atom. The summed E-state index contributed by atoms with van der Waals surface area (Å²) in [4.78, 5) is 2.28. The van der Waals surface area contributed by atoms with Gasteiger partial charge >= 0.3 is 0 Å². The lowest BCUT2D eigenvalue weighted by atomic mass is 10.0. The molecule has 2 rings (SSSR count). The fraction of sp³-hybridized carbons (Fsp3) is 0.500. The molecule has 1 heterocycles. The Hall–Kier alpha value is -1.55. The monoisotopic (exact) mass is 247 g/mol. The standard InChI is InChI=1S/C14H21N3O/c1-9-5-4-6-12(14(15)16)13(9)17-7-10(2)18-11(3)8-17/h4-6,10-11H,7-8H2,1-3H3,(H3,15,16)/t10-,11+. The zero-order valence-electron chi connectivity index (χ0n) is 11.2. The summed E-state index contributed by atoms with van der Waals surface area (Å²) in [6, 6.07) is 5.92. The molecule has 0 bridgehead atoms. The number of nitrogens with one attached hydrogen (secondary N) is 1. The van der Waals surface area contributed by atoms with E-state index in [2.05, 4.69) is 31.7 Å². The highest BCUT2D eigenvalue weighted by molar-refractivity contribution is 6.01. The van der Waals surface area contributed by atoms with Gasteiger partial charge in [-0.1, -0.05) is 12.1 Å². The molecule has 0 aliphatic carbocycles. The number of hydrogen-bond acceptors (Lipinski definition) is 3. The van der Waals surface area contributed by atoms with Gasteiger partial charge in [0.1, 0.15) is 5.84 Å². The molecule has 1 aliphatic rings. The number of anilines is 1. The lowest BCUT2D eigenvalue weighted by Crippen LogP contribution is -2.46. The molecule has 1 aromatic carbocycles. The molecule has 1 aliphatic heterocycles. The van der Waals surface area contributed by atoms with E-state index < -0.39 is 0 Å². The van der Waals surface area contributed by atoms with Crippen molar-refractivity contribution >= 4 is 11.5 Å². The minimum absolute atomic E-state index is 0.125. The van der Waals surface area contributed by atoms with Crippen LogP contribution in [-0.2, 0) is 4.74 Å². The molecule has 4 heteroatoms. The van der Waals surface area contributed by atoms with E-state index in [9.17, 15) is 0 Å². The van der Waals surface area contributed by atoms with Gasteiger partial charge in [-0.15, -0.1) is 0 Å². The fourth-order valence-corrected chi connectivity index (χ4v) is 2.66. The summed E-state index contributed by atoms with van der Waals surface area (Å²) in [5.41, 5.74) is 8.73. The minimum Gasteiger partial charge on any atom is -0.384 e. The van der Waals surface area contributed by atoms with E-state index in [-0.39, 0.29) is 18.0 Å². The van der Waals surface area contributed by atoms with Crippen LogP contribution in [0.25, 0.3) is 0 Å². The number of aryl methyl sites for hydroxylation is 1. The van der Waals surface area contributed by atoms with Crippen LogP contribution in [-0.4, -0.2) is 31.1 Å². The number of ether oxygens (including phenoxy) is 1. The van der Waals surface area contributed by atoms with Gasteiger partial charge < -0.3 is 15.4 Å². The van der Waals surface area contributed by atoms with Gasteiger partial charge in [0, 0.05) is 18.7 Å². The van der Waals surface area contributed by atoms with Gasteiger partial charge in [0.2, 0.25) is 0 Å². The molecule has 0 amide bonds. The molecule has 18 heavy (non-hydrogen) atoms. The lowest BCUT2D eigenvalue weighted by molar-refractivity contribution is -0.00525. The van der Waals surface area contributed by atoms with Gasteiger partial charge in [-0.2, -0.15) is 0 Å². The Kier molecular flexibility index (Phi) is 3.57. The smallest absolute Gasteiger partial charge is 0.124 e. The van der Waals surface area contributed by atoms with Crippen molar-refractivity contribution in [2.24, 2.45) is 5.73 Å². The van der Waals surface area contributed by atoms with E-state index in [4.69, 9.17) is 15.9 Å². The third kappa shape index (κ3) is 2.48. The molecule has 0 aromatic heterocycles. The number of nitrogens with two attached hydrogens (primary N) is 1. The molecule has 2 atom stereocenters. The van der Waals surface area contributed by atoms with Crippen molar-refractivity contribution in [2.45, 2.75) is 33.0 Å². The van der Waals surface area contributed by atoms with Gasteiger partial charge in [-0.25, -0.2) is 0 Å². The number of para-hydroxylation sites is 1. The van der Waals surface area contributed by atoms with E-state index in [1.807, 2.05) is 12.1 Å². The predicted molar refractivity (Wildman–Crippen MR) is 74.4 cm³/mol. The zero-order valence-corrected chi connectivity index (χ0v) is 11.2. The molecule has 0 saturated carbocycles. The van der Waals surface area contributed by atoms with Crippen LogP contribution in [0.2, 0.25) is 0 Å². The fourth-order valence-electron chi connectivity index (χ4n) is 2.66. The SMILES string of the molecule is Cc1cccc(C(=N)N)c1N1C[C@@H](C)O[C@@H](C)C1. The van der Waals surface area contributed by atoms with Gasteiger partial charge in [-0.05, 0) is 32.4 Å². The Balaban J connectivity index is 2.40. The third-order valence-electron chi connectivity index (χ3n) is 3.26. The molecule has 1 saturated heterocycles. The first-order valence-electron chi connectivity index (χ1n) is 6.33. The van der Waals surface area contributed by atoms with E-state index in [1.165, 1.54) is 0 Å². The number of nitrogen functional groups attached to an aromatic ring is 1. The lowest BCUT2D eigenvalue weighted by Gasteiger charge is -2.38. The molecule has 4 nitrogen and oxygen atoms in total. The van der Waals surface area contributed by atoms with Crippen LogP contribution < -0.4 is 10.6 Å². The van der Waals surface area contributed by atoms with Gasteiger partial charge in [0.25, 0.3) is 0 Å². The van der Waals surface area contributed by atoms with E-state index >= 15 is 0 Å². The Morgan fingerprint density at radius 2 is 1.94 bits per heavy atom. The van der Waals surface area contributed by atoms with Crippen molar-refractivity contribution in [2.75, 3.05) is 18.0 Å². The van der Waals surface area contributed by atoms with Crippen molar-refractivity contribution in [3.63, 3.8) is 0 Å². The van der Waals surface area contributed by atoms with Crippen molar-refractivity contribution in [1.29, 1.82) is 5.41 Å². The maximum atomic E-state index is 7.71. The first-order valence-corrected chi connectivity index (χ1v) is 6.33. The average molecular weight is 247 g/mol. The predicted octanol–water partition coefficient (Wildman–Crippen LogP) is 1.89. The van der Waals surface area contributed by atoms with Crippen molar-refractivity contribution in [1.82, 2.24) is 0 Å². The second kappa shape index (κ2) is 4.98. The second-order valence-electron chi connectivity index (χ2n) is 5.05. The highest BCUT2D eigenvalue weighted by Gasteiger charge is 2.25. The summed E-state index contributed by atoms with van der Waals surface area (Å²) in [7, 11) is 0. The van der Waals surface area contributed by atoms with Crippen LogP contribution in [0.3, 0.4) is 0 Å². The summed E-state index contributed by atoms with van der Waals surface area (Å²) in [5.74, 6) is 0.125. The summed E-state index contributed by atoms with van der Waals surface area (Å²) in [5, 5.41) is 7.71. The minimum atomic E-state index is 0.125. The number of rotatable bonds is 2. The maximum absolute atomic E-state index is 7.71. The highest BCUT2D eigenvalue weighted by atomic mass is 16.5. The number of nitrogens with zero attached hydrogens (tertiary/aromatic N) is 1. The first kappa shape index (κ1) is 12.9. The quantitative estimate of drug-likeness (QED) is 0.619. The van der Waals surface area contributed by atoms with Crippen LogP contribution in [0, 0.1) is 12.3 Å². The van der Waals surface area contributed by atoms with Crippen LogP contribution in [0.5, 0.6) is 0 Å². The van der Waals surface area contributed by atoms with Gasteiger partial charge in [-0.3, -0.25) is 5.41 Å². The highest BCUT2D eigenvalue weighted by Crippen LogP contribution is 2.27. The topological polar surface area (TPSA) is 62.3 Å². The average Bonchev–Trinajstić information content (AvgIpc) is 2.26. The summed E-state index contributed by atoms with van der Waals surface area (Å²) < 4.78 is 5.75. The largest absolute Gasteiger partial charge is 0.384 e. The van der Waals surface area contributed by atoms with Crippen molar-refractivity contribution < 1.29 is 4.74 Å². The number of amidine groups is 1. The molecule has 1 fully saturated rings. The van der Waals surface area contributed by atoms with Gasteiger partial charge in [0.15, 0.2) is 0 Å². The Bertz CT molecular complexity index is 448. The molecule has 0 radical (unpaired) electrons. The Labute approximate surface area is 108 Å². The third-order valence-corrected chi connectivity index (χ3v) is 3.26. The van der Waals surface area contributed by atoms with Crippen molar-refractivity contribution in [3.8, 4) is 0 Å². The normalized spacial score (nSPS) is 24.1. The second-order valence-corrected chi connectivity index (χ2v) is 5.05. The summed E-state index contributed by atoms with van der Waals surface area (Å²) >= 11 is 0. The van der Waals surface area contributed by atoms with E-state index in [0.29, 0.717) is 0 Å². The zero-order chi connectivity index (χ0) is 13.3. The van der Waals surface area contributed by atoms with Crippen LogP contribution in [0.15, 0.2) is 18.2 Å². The first-order chi connectivity index (χ1) is 8.49. The molecular weight excluding hydrogens is 226 g/mol. The van der Waals surface area contributed by atoms with E-state index in [0.717, 1.165) is 29.9 Å². The summed E-state index contributed by atoms with van der Waals surface area (Å²) in [6.45, 7) is 7.90. The van der Waals surface area contributed by atoms with Crippen molar-refractivity contribution in [3.05, 3.63) is 29.3 Å². The molecule has 1 aromatic rings. The number of hydrogen-bond donors (Lipinski definition) is 2.